The third-order valence-electron chi connectivity index (χ3n) is 1.84. The molecule has 1 aromatic rings. The van der Waals surface area contributed by atoms with E-state index in [1.165, 1.54) is 13.2 Å². The van der Waals surface area contributed by atoms with Crippen molar-refractivity contribution >= 4 is 5.97 Å². The van der Waals surface area contributed by atoms with Gasteiger partial charge < -0.3 is 14.6 Å². The van der Waals surface area contributed by atoms with E-state index >= 15 is 0 Å². The minimum Gasteiger partial charge on any atom is -0.494 e. The van der Waals surface area contributed by atoms with E-state index in [1.54, 1.807) is 24.3 Å². The van der Waals surface area contributed by atoms with Crippen molar-refractivity contribution in [2.75, 3.05) is 6.61 Å². The maximum atomic E-state index is 10.5. The fourth-order valence-corrected chi connectivity index (χ4v) is 0.988. The second kappa shape index (κ2) is 5.80. The molecule has 0 aromatic heterocycles. The Morgan fingerprint density at radius 3 is 2.38 bits per heavy atom. The lowest BCUT2D eigenvalue weighted by Gasteiger charge is -2.04. The summed E-state index contributed by atoms with van der Waals surface area (Å²) >= 11 is 0. The van der Waals surface area contributed by atoms with Crippen LogP contribution in [0.5, 0.6) is 11.5 Å². The van der Waals surface area contributed by atoms with Gasteiger partial charge in [-0.25, -0.2) is 4.79 Å². The first-order valence-corrected chi connectivity index (χ1v) is 4.93. The number of benzene rings is 1. The molecule has 0 fully saturated rings. The van der Waals surface area contributed by atoms with Gasteiger partial charge in [-0.3, -0.25) is 0 Å². The average molecular weight is 222 g/mol. The van der Waals surface area contributed by atoms with Gasteiger partial charge in [-0.15, -0.1) is 0 Å². The third-order valence-corrected chi connectivity index (χ3v) is 1.84. The largest absolute Gasteiger partial charge is 0.494 e. The van der Waals surface area contributed by atoms with Gasteiger partial charge in [0, 0.05) is 0 Å². The first-order chi connectivity index (χ1) is 7.63. The van der Waals surface area contributed by atoms with E-state index in [0.717, 1.165) is 5.75 Å². The van der Waals surface area contributed by atoms with Crippen molar-refractivity contribution in [1.82, 2.24) is 0 Å². The van der Waals surface area contributed by atoms with Crippen LogP contribution >= 0.6 is 0 Å². The molecule has 86 valence electrons. The van der Waals surface area contributed by atoms with Gasteiger partial charge in [0.25, 0.3) is 0 Å². The number of rotatable bonds is 5. The summed E-state index contributed by atoms with van der Waals surface area (Å²) in [6.45, 7) is 3.98. The van der Waals surface area contributed by atoms with Crippen LogP contribution in [-0.4, -0.2) is 17.7 Å². The minimum absolute atomic E-state index is 0.147. The van der Waals surface area contributed by atoms with Crippen LogP contribution in [0.2, 0.25) is 0 Å². The van der Waals surface area contributed by atoms with Crippen LogP contribution in [-0.2, 0) is 4.79 Å². The second-order valence-electron chi connectivity index (χ2n) is 3.13. The molecule has 1 rings (SSSR count). The summed E-state index contributed by atoms with van der Waals surface area (Å²) in [6, 6.07) is 6.97. The Morgan fingerprint density at radius 2 is 1.88 bits per heavy atom. The maximum Gasteiger partial charge on any atom is 0.334 e. The molecule has 1 N–H and O–H groups in total. The SMILES string of the molecule is CCOc1ccc(O/C=C(\C)C(=O)O)cc1. The van der Waals surface area contributed by atoms with Gasteiger partial charge in [-0.05, 0) is 38.1 Å². The zero-order valence-corrected chi connectivity index (χ0v) is 9.27. The van der Waals surface area contributed by atoms with Gasteiger partial charge in [0.15, 0.2) is 0 Å². The zero-order valence-electron chi connectivity index (χ0n) is 9.27. The van der Waals surface area contributed by atoms with Crippen molar-refractivity contribution in [2.45, 2.75) is 13.8 Å². The van der Waals surface area contributed by atoms with E-state index in [2.05, 4.69) is 0 Å². The molecule has 0 aliphatic rings. The van der Waals surface area contributed by atoms with E-state index in [0.29, 0.717) is 12.4 Å². The van der Waals surface area contributed by atoms with Gasteiger partial charge in [0.1, 0.15) is 17.8 Å². The predicted octanol–water partition coefficient (Wildman–Crippen LogP) is 2.45. The lowest BCUT2D eigenvalue weighted by molar-refractivity contribution is -0.132. The number of carboxylic acids is 1. The number of hydrogen-bond donors (Lipinski definition) is 1. The van der Waals surface area contributed by atoms with Crippen LogP contribution < -0.4 is 9.47 Å². The summed E-state index contributed by atoms with van der Waals surface area (Å²) in [4.78, 5) is 10.5. The molecule has 16 heavy (non-hydrogen) atoms. The highest BCUT2D eigenvalue weighted by molar-refractivity contribution is 5.85. The quantitative estimate of drug-likeness (QED) is 0.614. The molecule has 0 aliphatic heterocycles. The van der Waals surface area contributed by atoms with Gasteiger partial charge in [-0.2, -0.15) is 0 Å². The molecule has 0 saturated heterocycles. The topological polar surface area (TPSA) is 55.8 Å². The average Bonchev–Trinajstić information content (AvgIpc) is 2.28. The Bertz CT molecular complexity index is 379. The summed E-state index contributed by atoms with van der Waals surface area (Å²) in [5.74, 6) is 0.337. The minimum atomic E-state index is -0.995. The molecule has 0 spiro atoms. The van der Waals surface area contributed by atoms with Gasteiger partial charge in [0.05, 0.1) is 12.2 Å². The van der Waals surface area contributed by atoms with Crippen LogP contribution in [0.3, 0.4) is 0 Å². The Hall–Kier alpha value is -1.97. The van der Waals surface area contributed by atoms with Crippen LogP contribution in [0.15, 0.2) is 36.1 Å². The number of aliphatic carboxylic acids is 1. The number of carbonyl (C=O) groups is 1. The highest BCUT2D eigenvalue weighted by atomic mass is 16.5. The highest BCUT2D eigenvalue weighted by Gasteiger charge is 2.00. The molecule has 0 heterocycles. The molecule has 1 aromatic carbocycles. The molecular formula is C12H14O4. The van der Waals surface area contributed by atoms with Crippen molar-refractivity contribution in [3.05, 3.63) is 36.1 Å². The molecule has 0 atom stereocenters. The zero-order chi connectivity index (χ0) is 12.0. The monoisotopic (exact) mass is 222 g/mol. The van der Waals surface area contributed by atoms with Gasteiger partial charge >= 0.3 is 5.97 Å². The van der Waals surface area contributed by atoms with Crippen molar-refractivity contribution in [3.63, 3.8) is 0 Å². The van der Waals surface area contributed by atoms with Crippen molar-refractivity contribution in [2.24, 2.45) is 0 Å². The fourth-order valence-electron chi connectivity index (χ4n) is 0.988. The Balaban J connectivity index is 2.62. The van der Waals surface area contributed by atoms with E-state index < -0.39 is 5.97 Å². The standard InChI is InChI=1S/C12H14O4/c1-3-15-10-4-6-11(7-5-10)16-8-9(2)12(13)14/h4-8H,3H2,1-2H3,(H,13,14)/b9-8+. The lowest BCUT2D eigenvalue weighted by Crippen LogP contribution is -1.98. The van der Waals surface area contributed by atoms with E-state index in [9.17, 15) is 4.79 Å². The van der Waals surface area contributed by atoms with Crippen LogP contribution in [0.1, 0.15) is 13.8 Å². The van der Waals surface area contributed by atoms with Crippen LogP contribution in [0.25, 0.3) is 0 Å². The second-order valence-corrected chi connectivity index (χ2v) is 3.13. The Morgan fingerprint density at radius 1 is 1.31 bits per heavy atom. The molecular weight excluding hydrogens is 208 g/mol. The molecule has 0 unspecified atom stereocenters. The molecule has 0 amide bonds. The Labute approximate surface area is 94.1 Å². The first-order valence-electron chi connectivity index (χ1n) is 4.93. The number of hydrogen-bond acceptors (Lipinski definition) is 3. The lowest BCUT2D eigenvalue weighted by atomic mass is 10.3. The first kappa shape index (κ1) is 12.1. The van der Waals surface area contributed by atoms with E-state index in [1.807, 2.05) is 6.92 Å². The van der Waals surface area contributed by atoms with Crippen molar-refractivity contribution in [1.29, 1.82) is 0 Å². The van der Waals surface area contributed by atoms with Crippen molar-refractivity contribution in [3.8, 4) is 11.5 Å². The number of carboxylic acid groups (broad SMARTS) is 1. The summed E-state index contributed by atoms with van der Waals surface area (Å²) in [5.41, 5.74) is 0.147. The molecule has 0 aliphatic carbocycles. The predicted molar refractivity (Wildman–Crippen MR) is 59.6 cm³/mol. The number of ether oxygens (including phenoxy) is 2. The molecule has 4 heteroatoms. The highest BCUT2D eigenvalue weighted by Crippen LogP contribution is 2.17. The van der Waals surface area contributed by atoms with E-state index in [4.69, 9.17) is 14.6 Å². The summed E-state index contributed by atoms with van der Waals surface area (Å²) < 4.78 is 10.4. The molecule has 0 bridgehead atoms. The summed E-state index contributed by atoms with van der Waals surface area (Å²) in [7, 11) is 0. The van der Waals surface area contributed by atoms with Gasteiger partial charge in [-0.1, -0.05) is 0 Å². The molecule has 0 radical (unpaired) electrons. The normalized spacial score (nSPS) is 11.0. The molecule has 0 saturated carbocycles. The van der Waals surface area contributed by atoms with Crippen molar-refractivity contribution < 1.29 is 19.4 Å². The van der Waals surface area contributed by atoms with E-state index in [-0.39, 0.29) is 5.57 Å². The smallest absolute Gasteiger partial charge is 0.334 e. The van der Waals surface area contributed by atoms with Crippen LogP contribution in [0.4, 0.5) is 0 Å². The fraction of sp³-hybridized carbons (Fsp3) is 0.250. The molecule has 4 nitrogen and oxygen atoms in total. The summed E-state index contributed by atoms with van der Waals surface area (Å²) in [6.07, 6.45) is 1.21. The third kappa shape index (κ3) is 3.65. The Kier molecular flexibility index (Phi) is 4.39. The van der Waals surface area contributed by atoms with Crippen LogP contribution in [0, 0.1) is 0 Å². The summed E-state index contributed by atoms with van der Waals surface area (Å²) in [5, 5.41) is 8.61. The maximum absolute atomic E-state index is 10.5. The van der Waals surface area contributed by atoms with Gasteiger partial charge in [0.2, 0.25) is 0 Å².